The first-order valence-electron chi connectivity index (χ1n) is 11.9. The van der Waals surface area contributed by atoms with E-state index in [4.69, 9.17) is 21.6 Å². The molecule has 4 aromatic rings. The van der Waals surface area contributed by atoms with Crippen LogP contribution in [0.3, 0.4) is 0 Å². The van der Waals surface area contributed by atoms with Crippen LogP contribution in [-0.4, -0.2) is 48.7 Å². The predicted octanol–water partition coefficient (Wildman–Crippen LogP) is 5.50. The summed E-state index contributed by atoms with van der Waals surface area (Å²) in [6, 6.07) is 16.0. The van der Waals surface area contributed by atoms with Gasteiger partial charge in [0.25, 0.3) is 0 Å². The van der Waals surface area contributed by atoms with Crippen LogP contribution in [0.15, 0.2) is 48.5 Å². The third-order valence-electron chi connectivity index (χ3n) is 7.03. The van der Waals surface area contributed by atoms with E-state index in [9.17, 15) is 0 Å². The monoisotopic (exact) mass is 475 g/mol. The molecule has 34 heavy (non-hydrogen) atoms. The number of hydrogen-bond donors (Lipinski definition) is 1. The van der Waals surface area contributed by atoms with Crippen molar-refractivity contribution in [3.05, 3.63) is 59.4 Å². The summed E-state index contributed by atoms with van der Waals surface area (Å²) >= 11 is 6.81. The second-order valence-corrected chi connectivity index (χ2v) is 9.98. The Morgan fingerprint density at radius 3 is 2.62 bits per heavy atom. The maximum atomic E-state index is 16.4. The molecule has 0 bridgehead atoms. The van der Waals surface area contributed by atoms with Crippen LogP contribution in [-0.2, 0) is 0 Å². The van der Waals surface area contributed by atoms with E-state index in [0.717, 1.165) is 54.9 Å². The predicted molar refractivity (Wildman–Crippen MR) is 139 cm³/mol. The van der Waals surface area contributed by atoms with Crippen molar-refractivity contribution in [1.29, 1.82) is 0 Å². The first-order chi connectivity index (χ1) is 16.5. The van der Waals surface area contributed by atoms with Gasteiger partial charge in [0.1, 0.15) is 11.3 Å². The third-order valence-corrected chi connectivity index (χ3v) is 7.33. The minimum absolute atomic E-state index is 0.231. The summed E-state index contributed by atoms with van der Waals surface area (Å²) in [6.07, 6.45) is 0. The van der Waals surface area contributed by atoms with Gasteiger partial charge < -0.3 is 15.1 Å². The summed E-state index contributed by atoms with van der Waals surface area (Å²) < 4.78 is 16.4. The molecule has 6 rings (SSSR count). The SMILES string of the molecule is CC1CN(c2nc(N3CCNC[C@H]3C)c3cc(Cl)c(-c4cccc5ccccc45)c(F)c3n2)C1. The molecule has 3 heterocycles. The summed E-state index contributed by atoms with van der Waals surface area (Å²) in [5.41, 5.74) is 1.50. The highest BCUT2D eigenvalue weighted by Crippen LogP contribution is 2.41. The van der Waals surface area contributed by atoms with Crippen LogP contribution in [0.2, 0.25) is 5.02 Å². The van der Waals surface area contributed by atoms with Crippen molar-refractivity contribution in [3.63, 3.8) is 0 Å². The Balaban J connectivity index is 1.61. The van der Waals surface area contributed by atoms with Gasteiger partial charge in [-0.3, -0.25) is 0 Å². The number of anilines is 2. The van der Waals surface area contributed by atoms with E-state index < -0.39 is 0 Å². The maximum Gasteiger partial charge on any atom is 0.228 e. The van der Waals surface area contributed by atoms with E-state index in [2.05, 4.69) is 29.0 Å². The van der Waals surface area contributed by atoms with Crippen LogP contribution in [0.25, 0.3) is 32.8 Å². The van der Waals surface area contributed by atoms with Crippen LogP contribution in [0.1, 0.15) is 13.8 Å². The molecule has 2 fully saturated rings. The van der Waals surface area contributed by atoms with Gasteiger partial charge in [-0.15, -0.1) is 0 Å². The molecule has 7 heteroatoms. The Morgan fingerprint density at radius 2 is 1.82 bits per heavy atom. The van der Waals surface area contributed by atoms with Crippen molar-refractivity contribution in [1.82, 2.24) is 15.3 Å². The molecule has 3 aromatic carbocycles. The van der Waals surface area contributed by atoms with E-state index in [0.29, 0.717) is 33.4 Å². The van der Waals surface area contributed by atoms with Gasteiger partial charge in [-0.05, 0) is 35.2 Å². The lowest BCUT2D eigenvalue weighted by molar-refractivity contribution is 0.438. The molecule has 2 saturated heterocycles. The van der Waals surface area contributed by atoms with Gasteiger partial charge in [0.15, 0.2) is 5.82 Å². The van der Waals surface area contributed by atoms with E-state index in [-0.39, 0.29) is 11.9 Å². The van der Waals surface area contributed by atoms with Gasteiger partial charge in [0, 0.05) is 49.7 Å². The minimum Gasteiger partial charge on any atom is -0.351 e. The highest BCUT2D eigenvalue weighted by atomic mass is 35.5. The molecule has 5 nitrogen and oxygen atoms in total. The molecule has 2 aliphatic rings. The van der Waals surface area contributed by atoms with E-state index in [1.54, 1.807) is 0 Å². The van der Waals surface area contributed by atoms with Crippen molar-refractivity contribution >= 4 is 45.0 Å². The number of aromatic nitrogens is 2. The van der Waals surface area contributed by atoms with Crippen LogP contribution in [0.4, 0.5) is 16.2 Å². The van der Waals surface area contributed by atoms with Crippen molar-refractivity contribution in [2.45, 2.75) is 19.9 Å². The third kappa shape index (κ3) is 3.48. The number of rotatable bonds is 3. The van der Waals surface area contributed by atoms with Crippen LogP contribution >= 0.6 is 11.6 Å². The molecule has 2 aliphatic heterocycles. The molecule has 0 saturated carbocycles. The van der Waals surface area contributed by atoms with Crippen LogP contribution in [0, 0.1) is 11.7 Å². The van der Waals surface area contributed by atoms with Gasteiger partial charge in [-0.1, -0.05) is 61.0 Å². The minimum atomic E-state index is -0.389. The molecule has 0 aliphatic carbocycles. The molecule has 0 radical (unpaired) electrons. The molecule has 0 spiro atoms. The van der Waals surface area contributed by atoms with E-state index in [1.807, 2.05) is 48.5 Å². The lowest BCUT2D eigenvalue weighted by Gasteiger charge is -2.39. The molecule has 174 valence electrons. The zero-order valence-electron chi connectivity index (χ0n) is 19.4. The molecule has 1 aromatic heterocycles. The summed E-state index contributed by atoms with van der Waals surface area (Å²) in [4.78, 5) is 14.1. The van der Waals surface area contributed by atoms with Crippen LogP contribution in [0.5, 0.6) is 0 Å². The fraction of sp³-hybridized carbons (Fsp3) is 0.333. The first-order valence-corrected chi connectivity index (χ1v) is 12.3. The lowest BCUT2D eigenvalue weighted by Crippen LogP contribution is -2.51. The number of nitrogens with zero attached hydrogens (tertiary/aromatic N) is 4. The number of benzene rings is 3. The Morgan fingerprint density at radius 1 is 1.03 bits per heavy atom. The van der Waals surface area contributed by atoms with E-state index >= 15 is 4.39 Å². The standard InChI is InChI=1S/C27H27ClFN5/c1-16-14-33(15-16)27-31-25-21(26(32-27)34-11-10-30-13-17(34)2)12-22(28)23(24(25)29)20-9-5-7-18-6-3-4-8-19(18)20/h3-9,12,16-17,30H,10-11,13-15H2,1-2H3/t17-/m1/s1. The quantitative estimate of drug-likeness (QED) is 0.424. The second-order valence-electron chi connectivity index (χ2n) is 9.57. The number of piperazine rings is 1. The van der Waals surface area contributed by atoms with Crippen molar-refractivity contribution in [2.24, 2.45) is 5.92 Å². The summed E-state index contributed by atoms with van der Waals surface area (Å²) in [7, 11) is 0. The number of halogens is 2. The van der Waals surface area contributed by atoms with Gasteiger partial charge in [0.05, 0.1) is 5.02 Å². The van der Waals surface area contributed by atoms with Crippen molar-refractivity contribution in [2.75, 3.05) is 42.5 Å². The van der Waals surface area contributed by atoms with Gasteiger partial charge in [-0.25, -0.2) is 9.37 Å². The summed E-state index contributed by atoms with van der Waals surface area (Å²) in [6.45, 7) is 8.64. The number of nitrogens with one attached hydrogen (secondary N) is 1. The average Bonchev–Trinajstić information content (AvgIpc) is 2.82. The topological polar surface area (TPSA) is 44.3 Å². The van der Waals surface area contributed by atoms with Gasteiger partial charge >= 0.3 is 0 Å². The lowest BCUT2D eigenvalue weighted by atomic mass is 9.96. The van der Waals surface area contributed by atoms with Crippen molar-refractivity contribution < 1.29 is 4.39 Å². The summed E-state index contributed by atoms with van der Waals surface area (Å²) in [5, 5.41) is 6.47. The van der Waals surface area contributed by atoms with Crippen molar-refractivity contribution in [3.8, 4) is 11.1 Å². The van der Waals surface area contributed by atoms with Crippen LogP contribution < -0.4 is 15.1 Å². The zero-order valence-corrected chi connectivity index (χ0v) is 20.1. The van der Waals surface area contributed by atoms with Gasteiger partial charge in [0.2, 0.25) is 5.95 Å². The molecule has 1 atom stereocenters. The zero-order chi connectivity index (χ0) is 23.4. The highest BCUT2D eigenvalue weighted by Gasteiger charge is 2.30. The normalized spacial score (nSPS) is 19.1. The number of hydrogen-bond acceptors (Lipinski definition) is 5. The Labute approximate surface area is 203 Å². The Bertz CT molecular complexity index is 1400. The van der Waals surface area contributed by atoms with E-state index in [1.165, 1.54) is 0 Å². The fourth-order valence-corrected chi connectivity index (χ4v) is 5.53. The Hall–Kier alpha value is -2.96. The summed E-state index contributed by atoms with van der Waals surface area (Å²) in [5.74, 6) is 1.55. The Kier molecular flexibility index (Phi) is 5.30. The average molecular weight is 476 g/mol. The maximum absolute atomic E-state index is 16.4. The smallest absolute Gasteiger partial charge is 0.228 e. The van der Waals surface area contributed by atoms with Gasteiger partial charge in [-0.2, -0.15) is 4.98 Å². The first kappa shape index (κ1) is 21.6. The molecule has 0 unspecified atom stereocenters. The second kappa shape index (κ2) is 8.36. The largest absolute Gasteiger partial charge is 0.351 e. The molecular weight excluding hydrogens is 449 g/mol. The fourth-order valence-electron chi connectivity index (χ4n) is 5.24. The molecule has 0 amide bonds. The number of fused-ring (bicyclic) bond motifs is 2. The molecule has 1 N–H and O–H groups in total. The highest BCUT2D eigenvalue weighted by molar-refractivity contribution is 6.35. The molecular formula is C27H27ClFN5.